The maximum absolute atomic E-state index is 9.46. The van der Waals surface area contributed by atoms with Crippen LogP contribution in [0.2, 0.25) is 0 Å². The SMILES string of the molecule is CC(C)(C)Cc1c[nH]c2ccc(O)cc12.CC(C)(C)Cc1ccc(O)cc1. The molecule has 0 atom stereocenters. The second-order valence-corrected chi connectivity index (χ2v) is 9.69. The van der Waals surface area contributed by atoms with Crippen molar-refractivity contribution in [2.24, 2.45) is 10.8 Å². The molecule has 0 aliphatic heterocycles. The molecule has 3 N–H and O–H groups in total. The molecule has 0 saturated carbocycles. The van der Waals surface area contributed by atoms with Crippen LogP contribution in [0.4, 0.5) is 0 Å². The molecule has 0 spiro atoms. The van der Waals surface area contributed by atoms with Crippen LogP contribution in [0.1, 0.15) is 52.7 Å². The number of nitrogens with one attached hydrogen (secondary N) is 1. The summed E-state index contributed by atoms with van der Waals surface area (Å²) in [7, 11) is 0. The molecule has 27 heavy (non-hydrogen) atoms. The number of hydrogen-bond acceptors (Lipinski definition) is 2. The zero-order chi connectivity index (χ0) is 20.2. The quantitative estimate of drug-likeness (QED) is 0.488. The van der Waals surface area contributed by atoms with Crippen molar-refractivity contribution in [2.45, 2.75) is 54.4 Å². The molecule has 2 aromatic carbocycles. The van der Waals surface area contributed by atoms with E-state index in [9.17, 15) is 5.11 Å². The van der Waals surface area contributed by atoms with Gasteiger partial charge in [-0.1, -0.05) is 53.7 Å². The standard InChI is InChI=1S/C13H17NO.C11H16O/c1-13(2,3)7-9-8-14-12-5-4-10(15)6-11(9)12;1-11(2,3)8-9-4-6-10(12)7-5-9/h4-6,8,14-15H,7H2,1-3H3;4-7,12H,8H2,1-3H3. The fraction of sp³-hybridized carbons (Fsp3) is 0.417. The van der Waals surface area contributed by atoms with Gasteiger partial charge in [0.1, 0.15) is 11.5 Å². The first kappa shape index (κ1) is 20.9. The fourth-order valence-electron chi connectivity index (χ4n) is 3.11. The predicted molar refractivity (Wildman–Crippen MR) is 114 cm³/mol. The molecule has 3 aromatic rings. The number of H-pyrrole nitrogens is 1. The summed E-state index contributed by atoms with van der Waals surface area (Å²) in [4.78, 5) is 3.23. The van der Waals surface area contributed by atoms with E-state index in [-0.39, 0.29) is 5.41 Å². The van der Waals surface area contributed by atoms with Gasteiger partial charge in [0, 0.05) is 17.1 Å². The topological polar surface area (TPSA) is 56.2 Å². The minimum absolute atomic E-state index is 0.264. The number of rotatable bonds is 2. The summed E-state index contributed by atoms with van der Waals surface area (Å²) >= 11 is 0. The average Bonchev–Trinajstić information content (AvgIpc) is 2.89. The molecular formula is C24H33NO2. The predicted octanol–water partition coefficient (Wildman–Crippen LogP) is 6.44. The van der Waals surface area contributed by atoms with E-state index in [1.165, 1.54) is 11.1 Å². The van der Waals surface area contributed by atoms with Crippen molar-refractivity contribution in [3.63, 3.8) is 0 Å². The zero-order valence-electron chi connectivity index (χ0n) is 17.4. The number of fused-ring (bicyclic) bond motifs is 1. The van der Waals surface area contributed by atoms with Crippen molar-refractivity contribution in [1.82, 2.24) is 4.98 Å². The van der Waals surface area contributed by atoms with Crippen LogP contribution in [-0.4, -0.2) is 15.2 Å². The van der Waals surface area contributed by atoms with Crippen LogP contribution < -0.4 is 0 Å². The second-order valence-electron chi connectivity index (χ2n) is 9.69. The first-order valence-corrected chi connectivity index (χ1v) is 9.50. The minimum atomic E-state index is 0.264. The Morgan fingerprint density at radius 1 is 0.741 bits per heavy atom. The summed E-state index contributed by atoms with van der Waals surface area (Å²) in [5.41, 5.74) is 4.22. The second kappa shape index (κ2) is 8.08. The molecule has 0 fully saturated rings. The molecule has 3 rings (SSSR count). The molecule has 0 radical (unpaired) electrons. The van der Waals surface area contributed by atoms with Gasteiger partial charge in [0.05, 0.1) is 0 Å². The molecule has 0 aliphatic carbocycles. The van der Waals surface area contributed by atoms with Crippen molar-refractivity contribution < 1.29 is 10.2 Å². The highest BCUT2D eigenvalue weighted by molar-refractivity contribution is 5.84. The van der Waals surface area contributed by atoms with Crippen molar-refractivity contribution in [3.05, 3.63) is 59.8 Å². The molecule has 0 aliphatic rings. The van der Waals surface area contributed by atoms with E-state index >= 15 is 0 Å². The lowest BCUT2D eigenvalue weighted by Gasteiger charge is -2.17. The molecule has 0 amide bonds. The van der Waals surface area contributed by atoms with Crippen molar-refractivity contribution in [1.29, 1.82) is 0 Å². The van der Waals surface area contributed by atoms with E-state index < -0.39 is 0 Å². The molecule has 3 nitrogen and oxygen atoms in total. The van der Waals surface area contributed by atoms with E-state index in [1.807, 2.05) is 30.5 Å². The summed E-state index contributed by atoms with van der Waals surface area (Å²) < 4.78 is 0. The number of hydrogen-bond donors (Lipinski definition) is 3. The average molecular weight is 368 g/mol. The van der Waals surface area contributed by atoms with E-state index in [0.29, 0.717) is 16.9 Å². The molecule has 1 aromatic heterocycles. The first-order valence-electron chi connectivity index (χ1n) is 9.50. The maximum Gasteiger partial charge on any atom is 0.116 e. The van der Waals surface area contributed by atoms with Crippen LogP contribution in [0, 0.1) is 10.8 Å². The Balaban J connectivity index is 0.000000199. The van der Waals surface area contributed by atoms with Gasteiger partial charge in [-0.2, -0.15) is 0 Å². The van der Waals surface area contributed by atoms with Gasteiger partial charge in [0.25, 0.3) is 0 Å². The Bertz CT molecular complexity index is 862. The third-order valence-electron chi connectivity index (χ3n) is 4.14. The Kier molecular flexibility index (Phi) is 6.25. The zero-order valence-corrected chi connectivity index (χ0v) is 17.4. The molecule has 146 valence electrons. The highest BCUT2D eigenvalue weighted by atomic mass is 16.3. The van der Waals surface area contributed by atoms with Gasteiger partial charge >= 0.3 is 0 Å². The van der Waals surface area contributed by atoms with Crippen LogP contribution in [0.25, 0.3) is 10.9 Å². The van der Waals surface area contributed by atoms with Crippen molar-refractivity contribution in [2.75, 3.05) is 0 Å². The van der Waals surface area contributed by atoms with Crippen LogP contribution in [0.15, 0.2) is 48.7 Å². The largest absolute Gasteiger partial charge is 0.508 e. The number of aromatic nitrogens is 1. The van der Waals surface area contributed by atoms with Gasteiger partial charge in [-0.05, 0) is 65.1 Å². The summed E-state index contributed by atoms with van der Waals surface area (Å²) in [6.07, 6.45) is 4.10. The fourth-order valence-corrected chi connectivity index (χ4v) is 3.11. The van der Waals surface area contributed by atoms with E-state index in [0.717, 1.165) is 23.7 Å². The molecular weight excluding hydrogens is 334 g/mol. The lowest BCUT2D eigenvalue weighted by Crippen LogP contribution is -2.08. The maximum atomic E-state index is 9.46. The molecule has 3 heteroatoms. The van der Waals surface area contributed by atoms with Crippen LogP contribution in [0.3, 0.4) is 0 Å². The van der Waals surface area contributed by atoms with Crippen molar-refractivity contribution in [3.8, 4) is 11.5 Å². The van der Waals surface area contributed by atoms with E-state index in [4.69, 9.17) is 5.11 Å². The summed E-state index contributed by atoms with van der Waals surface area (Å²) in [6.45, 7) is 13.3. The Labute approximate surface area is 163 Å². The van der Waals surface area contributed by atoms with Crippen LogP contribution in [0.5, 0.6) is 11.5 Å². The smallest absolute Gasteiger partial charge is 0.116 e. The molecule has 0 bridgehead atoms. The minimum Gasteiger partial charge on any atom is -0.508 e. The van der Waals surface area contributed by atoms with Gasteiger partial charge < -0.3 is 15.2 Å². The van der Waals surface area contributed by atoms with Gasteiger partial charge in [-0.3, -0.25) is 0 Å². The summed E-state index contributed by atoms with van der Waals surface area (Å²) in [6, 6.07) is 12.9. The lowest BCUT2D eigenvalue weighted by atomic mass is 9.88. The van der Waals surface area contributed by atoms with Crippen LogP contribution >= 0.6 is 0 Å². The Morgan fingerprint density at radius 3 is 1.85 bits per heavy atom. The summed E-state index contributed by atoms with van der Waals surface area (Å²) in [5.74, 6) is 0.671. The number of aromatic hydroxyl groups is 2. The molecule has 0 unspecified atom stereocenters. The van der Waals surface area contributed by atoms with E-state index in [1.54, 1.807) is 18.2 Å². The lowest BCUT2D eigenvalue weighted by molar-refractivity contribution is 0.410. The van der Waals surface area contributed by atoms with Crippen LogP contribution in [-0.2, 0) is 12.8 Å². The van der Waals surface area contributed by atoms with Crippen molar-refractivity contribution >= 4 is 10.9 Å². The first-order chi connectivity index (χ1) is 12.4. The van der Waals surface area contributed by atoms with E-state index in [2.05, 4.69) is 46.5 Å². The summed E-state index contributed by atoms with van der Waals surface area (Å²) in [5, 5.41) is 19.6. The number of phenolic OH excluding ortho intramolecular Hbond substituents is 2. The van der Waals surface area contributed by atoms with Gasteiger partial charge in [0.15, 0.2) is 0 Å². The Morgan fingerprint density at radius 2 is 1.30 bits per heavy atom. The third-order valence-corrected chi connectivity index (χ3v) is 4.14. The molecule has 0 saturated heterocycles. The number of aromatic amines is 1. The normalized spacial score (nSPS) is 11.9. The monoisotopic (exact) mass is 367 g/mol. The number of phenols is 2. The third kappa shape index (κ3) is 7.01. The number of benzene rings is 2. The van der Waals surface area contributed by atoms with Gasteiger partial charge in [0.2, 0.25) is 0 Å². The van der Waals surface area contributed by atoms with Gasteiger partial charge in [-0.15, -0.1) is 0 Å². The Hall–Kier alpha value is -2.42. The highest BCUT2D eigenvalue weighted by Crippen LogP contribution is 2.28. The molecule has 1 heterocycles. The van der Waals surface area contributed by atoms with Gasteiger partial charge in [-0.25, -0.2) is 0 Å². The highest BCUT2D eigenvalue weighted by Gasteiger charge is 2.14.